The van der Waals surface area contributed by atoms with Gasteiger partial charge in [0.25, 0.3) is 0 Å². The molecule has 0 bridgehead atoms. The average molecular weight is 371 g/mol. The number of aromatic nitrogens is 2. The lowest BCUT2D eigenvalue weighted by Gasteiger charge is -2.23. The topological polar surface area (TPSA) is 46.9 Å². The number of fused-ring (bicyclic) bond motifs is 1. The molecule has 0 radical (unpaired) electrons. The number of hydrogen-bond donors (Lipinski definition) is 1. The second-order valence-electron chi connectivity index (χ2n) is 6.54. The van der Waals surface area contributed by atoms with Crippen LogP contribution in [0.3, 0.4) is 0 Å². The standard InChI is InChI=1S/C22H17N3OS/c26-19-14-17(18-12-7-13-27-18)20-21(15-8-3-1-4-9-15)24-25(22(20)23-19)16-10-5-2-6-11-16/h1-13,17H,14H2,(H,23,26). The van der Waals surface area contributed by atoms with Crippen molar-refractivity contribution in [1.82, 2.24) is 9.78 Å². The first-order valence-corrected chi connectivity index (χ1v) is 9.76. The minimum absolute atomic E-state index is 0.0152. The quantitative estimate of drug-likeness (QED) is 0.546. The summed E-state index contributed by atoms with van der Waals surface area (Å²) in [5.41, 5.74) is 4.00. The fourth-order valence-corrected chi connectivity index (χ4v) is 4.49. The smallest absolute Gasteiger partial charge is 0.226 e. The van der Waals surface area contributed by atoms with Crippen molar-refractivity contribution in [2.75, 3.05) is 5.32 Å². The van der Waals surface area contributed by atoms with Gasteiger partial charge in [-0.2, -0.15) is 5.10 Å². The summed E-state index contributed by atoms with van der Waals surface area (Å²) in [6.45, 7) is 0. The number of para-hydroxylation sites is 1. The number of nitrogens with zero attached hydrogens (tertiary/aromatic N) is 2. The van der Waals surface area contributed by atoms with Crippen LogP contribution in [0, 0.1) is 0 Å². The Morgan fingerprint density at radius 1 is 0.963 bits per heavy atom. The van der Waals surface area contributed by atoms with Gasteiger partial charge in [0.2, 0.25) is 5.91 Å². The molecule has 1 aliphatic rings. The molecule has 0 saturated heterocycles. The number of anilines is 1. The lowest BCUT2D eigenvalue weighted by molar-refractivity contribution is -0.116. The van der Waals surface area contributed by atoms with Crippen molar-refractivity contribution in [3.8, 4) is 16.9 Å². The summed E-state index contributed by atoms with van der Waals surface area (Å²) in [4.78, 5) is 13.7. The van der Waals surface area contributed by atoms with E-state index in [1.165, 1.54) is 4.88 Å². The summed E-state index contributed by atoms with van der Waals surface area (Å²) >= 11 is 1.69. The number of carbonyl (C=O) groups is 1. The van der Waals surface area contributed by atoms with E-state index in [-0.39, 0.29) is 11.8 Å². The molecule has 27 heavy (non-hydrogen) atoms. The van der Waals surface area contributed by atoms with Crippen LogP contribution in [0.2, 0.25) is 0 Å². The molecular weight excluding hydrogens is 354 g/mol. The van der Waals surface area contributed by atoms with E-state index >= 15 is 0 Å². The highest BCUT2D eigenvalue weighted by Gasteiger charge is 2.34. The Balaban J connectivity index is 1.79. The molecule has 1 amide bonds. The van der Waals surface area contributed by atoms with Crippen molar-refractivity contribution >= 4 is 23.1 Å². The van der Waals surface area contributed by atoms with Gasteiger partial charge in [-0.05, 0) is 23.6 Å². The molecule has 132 valence electrons. The van der Waals surface area contributed by atoms with Crippen LogP contribution in [0.25, 0.3) is 16.9 Å². The molecule has 3 heterocycles. The molecule has 0 fully saturated rings. The molecule has 1 unspecified atom stereocenters. The second-order valence-corrected chi connectivity index (χ2v) is 7.52. The molecule has 1 aliphatic heterocycles. The van der Waals surface area contributed by atoms with Crippen molar-refractivity contribution in [3.05, 3.63) is 88.6 Å². The first kappa shape index (κ1) is 16.0. The lowest BCUT2D eigenvalue weighted by Crippen LogP contribution is -2.24. The van der Waals surface area contributed by atoms with Crippen molar-refractivity contribution in [2.24, 2.45) is 0 Å². The molecule has 0 saturated carbocycles. The number of benzene rings is 2. The minimum atomic E-state index is 0.0152. The van der Waals surface area contributed by atoms with Crippen molar-refractivity contribution in [1.29, 1.82) is 0 Å². The number of amides is 1. The summed E-state index contributed by atoms with van der Waals surface area (Å²) in [5, 5.41) is 10.1. The zero-order valence-corrected chi connectivity index (χ0v) is 15.3. The summed E-state index contributed by atoms with van der Waals surface area (Å²) < 4.78 is 1.86. The highest BCUT2D eigenvalue weighted by atomic mass is 32.1. The maximum atomic E-state index is 12.5. The van der Waals surface area contributed by atoms with Crippen LogP contribution in [0.15, 0.2) is 78.2 Å². The Labute approximate surface area is 161 Å². The summed E-state index contributed by atoms with van der Waals surface area (Å²) in [5.74, 6) is 0.814. The predicted molar refractivity (Wildman–Crippen MR) is 108 cm³/mol. The molecule has 1 atom stereocenters. The van der Waals surface area contributed by atoms with Crippen molar-refractivity contribution < 1.29 is 4.79 Å². The minimum Gasteiger partial charge on any atom is -0.310 e. The highest BCUT2D eigenvalue weighted by Crippen LogP contribution is 2.44. The highest BCUT2D eigenvalue weighted by molar-refractivity contribution is 7.10. The zero-order chi connectivity index (χ0) is 18.2. The Morgan fingerprint density at radius 2 is 1.70 bits per heavy atom. The van der Waals surface area contributed by atoms with E-state index in [4.69, 9.17) is 5.10 Å². The maximum absolute atomic E-state index is 12.5. The van der Waals surface area contributed by atoms with Crippen molar-refractivity contribution in [2.45, 2.75) is 12.3 Å². The number of thiophene rings is 1. The van der Waals surface area contributed by atoms with E-state index in [0.29, 0.717) is 6.42 Å². The second kappa shape index (κ2) is 6.52. The summed E-state index contributed by atoms with van der Waals surface area (Å²) in [6, 6.07) is 24.3. The molecule has 5 heteroatoms. The molecule has 4 nitrogen and oxygen atoms in total. The molecule has 1 N–H and O–H groups in total. The number of nitrogens with one attached hydrogen (secondary N) is 1. The predicted octanol–water partition coefficient (Wildman–Crippen LogP) is 5.07. The van der Waals surface area contributed by atoms with Crippen LogP contribution in [-0.4, -0.2) is 15.7 Å². The summed E-state index contributed by atoms with van der Waals surface area (Å²) in [7, 11) is 0. The van der Waals surface area contributed by atoms with Gasteiger partial charge in [-0.15, -0.1) is 11.3 Å². The fraction of sp³-hybridized carbons (Fsp3) is 0.0909. The van der Waals surface area contributed by atoms with Gasteiger partial charge in [-0.3, -0.25) is 4.79 Å². The number of carbonyl (C=O) groups excluding carboxylic acids is 1. The van der Waals surface area contributed by atoms with E-state index < -0.39 is 0 Å². The van der Waals surface area contributed by atoms with Gasteiger partial charge < -0.3 is 5.32 Å². The SMILES string of the molecule is O=C1CC(c2cccs2)c2c(-c3ccccc3)nn(-c3ccccc3)c2N1. The van der Waals surface area contributed by atoms with Crippen LogP contribution in [-0.2, 0) is 4.79 Å². The molecule has 0 spiro atoms. The first-order chi connectivity index (χ1) is 13.3. The zero-order valence-electron chi connectivity index (χ0n) is 14.5. The largest absolute Gasteiger partial charge is 0.310 e. The van der Waals surface area contributed by atoms with Crippen LogP contribution in [0.4, 0.5) is 5.82 Å². The van der Waals surface area contributed by atoms with Crippen molar-refractivity contribution in [3.63, 3.8) is 0 Å². The molecule has 0 aliphatic carbocycles. The molecular formula is C22H17N3OS. The van der Waals surface area contributed by atoms with Gasteiger partial charge in [0, 0.05) is 28.3 Å². The third-order valence-corrected chi connectivity index (χ3v) is 5.84. The van der Waals surface area contributed by atoms with Crippen LogP contribution >= 0.6 is 11.3 Å². The molecule has 2 aromatic carbocycles. The third-order valence-electron chi connectivity index (χ3n) is 4.85. The lowest BCUT2D eigenvalue weighted by atomic mass is 9.88. The first-order valence-electron chi connectivity index (χ1n) is 8.88. The normalized spacial score (nSPS) is 16.0. The van der Waals surface area contributed by atoms with Crippen LogP contribution in [0.5, 0.6) is 0 Å². The Kier molecular flexibility index (Phi) is 3.87. The Bertz CT molecular complexity index is 1090. The number of rotatable bonds is 3. The van der Waals surface area contributed by atoms with Gasteiger partial charge >= 0.3 is 0 Å². The average Bonchev–Trinajstić information content (AvgIpc) is 3.37. The van der Waals surface area contributed by atoms with E-state index in [0.717, 1.165) is 28.3 Å². The van der Waals surface area contributed by atoms with E-state index in [1.54, 1.807) is 11.3 Å². The van der Waals surface area contributed by atoms with Crippen LogP contribution < -0.4 is 5.32 Å². The van der Waals surface area contributed by atoms with Gasteiger partial charge in [-0.1, -0.05) is 54.6 Å². The number of hydrogen-bond acceptors (Lipinski definition) is 3. The van der Waals surface area contributed by atoms with Gasteiger partial charge in [0.1, 0.15) is 5.82 Å². The maximum Gasteiger partial charge on any atom is 0.226 e. The Morgan fingerprint density at radius 3 is 2.41 bits per heavy atom. The van der Waals surface area contributed by atoms with Gasteiger partial charge in [0.15, 0.2) is 0 Å². The van der Waals surface area contributed by atoms with E-state index in [9.17, 15) is 4.79 Å². The van der Waals surface area contributed by atoms with Gasteiger partial charge in [0.05, 0.1) is 11.4 Å². The molecule has 5 rings (SSSR count). The third kappa shape index (κ3) is 2.76. The fourth-order valence-electron chi connectivity index (χ4n) is 3.65. The van der Waals surface area contributed by atoms with Gasteiger partial charge in [-0.25, -0.2) is 4.68 Å². The summed E-state index contributed by atoms with van der Waals surface area (Å²) in [6.07, 6.45) is 0.438. The Hall–Kier alpha value is -3.18. The molecule has 4 aromatic rings. The molecule has 2 aromatic heterocycles. The van der Waals surface area contributed by atoms with E-state index in [2.05, 4.69) is 28.9 Å². The monoisotopic (exact) mass is 371 g/mol. The van der Waals surface area contributed by atoms with E-state index in [1.807, 2.05) is 59.3 Å². The van der Waals surface area contributed by atoms with Crippen LogP contribution in [0.1, 0.15) is 22.8 Å².